The minimum Gasteiger partial charge on any atom is -0.380 e. The number of ether oxygens (including phenoxy) is 1. The number of amides is 2. The summed E-state index contributed by atoms with van der Waals surface area (Å²) >= 11 is 0. The van der Waals surface area contributed by atoms with Crippen LogP contribution in [0.25, 0.3) is 11.1 Å². The normalized spacial score (nSPS) is 17.2. The van der Waals surface area contributed by atoms with E-state index in [1.54, 1.807) is 6.20 Å². The molecule has 2 aromatic rings. The van der Waals surface area contributed by atoms with Gasteiger partial charge in [0.2, 0.25) is 0 Å². The van der Waals surface area contributed by atoms with E-state index in [0.717, 1.165) is 43.5 Å². The van der Waals surface area contributed by atoms with Crippen LogP contribution in [0.4, 0.5) is 9.18 Å². The van der Waals surface area contributed by atoms with Gasteiger partial charge in [0.05, 0.1) is 12.2 Å². The number of rotatable bonds is 15. The molecule has 0 bridgehead atoms. The summed E-state index contributed by atoms with van der Waals surface area (Å²) in [6.45, 7) is 18.3. The fraction of sp³-hybridized carbons (Fsp3) is 0.657. The number of nitrogens with one attached hydrogen (secondary N) is 4. The van der Waals surface area contributed by atoms with Crippen LogP contribution in [0.15, 0.2) is 40.2 Å². The van der Waals surface area contributed by atoms with Gasteiger partial charge in [-0.1, -0.05) is 52.0 Å². The first-order valence-corrected chi connectivity index (χ1v) is 17.2. The van der Waals surface area contributed by atoms with Gasteiger partial charge in [0.15, 0.2) is 5.96 Å². The fourth-order valence-corrected chi connectivity index (χ4v) is 5.17. The average Bonchev–Trinajstić information content (AvgIpc) is 3.38. The van der Waals surface area contributed by atoms with Gasteiger partial charge in [-0.3, -0.25) is 14.7 Å². The van der Waals surface area contributed by atoms with E-state index >= 15 is 0 Å². The molecule has 1 fully saturated rings. The molecule has 276 valence electrons. The number of hydrogen-bond donors (Lipinski definition) is 7. The lowest BCUT2D eigenvalue weighted by atomic mass is 9.95. The first-order valence-electron chi connectivity index (χ1n) is 17.2. The quantitative estimate of drug-likeness (QED) is 0.0835. The number of guanidine groups is 1. The molecule has 14 heteroatoms. The van der Waals surface area contributed by atoms with E-state index in [4.69, 9.17) is 21.9 Å². The van der Waals surface area contributed by atoms with Gasteiger partial charge < -0.3 is 42.9 Å². The van der Waals surface area contributed by atoms with Crippen molar-refractivity contribution in [1.82, 2.24) is 30.8 Å². The molecule has 0 aliphatic carbocycles. The van der Waals surface area contributed by atoms with Crippen LogP contribution >= 0.6 is 0 Å². The van der Waals surface area contributed by atoms with Crippen LogP contribution in [0, 0.1) is 0 Å². The zero-order valence-corrected chi connectivity index (χ0v) is 30.6. The lowest BCUT2D eigenvalue weighted by Gasteiger charge is -2.25. The van der Waals surface area contributed by atoms with Gasteiger partial charge in [-0.05, 0) is 57.7 Å². The fourth-order valence-electron chi connectivity index (χ4n) is 5.17. The summed E-state index contributed by atoms with van der Waals surface area (Å²) in [5, 5.41) is 9.20. The van der Waals surface area contributed by atoms with Crippen LogP contribution in [0.3, 0.4) is 0 Å². The Morgan fingerprint density at radius 1 is 1.18 bits per heavy atom. The minimum absolute atomic E-state index is 0.00227. The predicted octanol–water partition coefficient (Wildman–Crippen LogP) is 2.74. The van der Waals surface area contributed by atoms with Crippen LogP contribution in [-0.2, 0) is 16.7 Å². The van der Waals surface area contributed by atoms with Crippen LogP contribution < -0.4 is 38.7 Å². The van der Waals surface area contributed by atoms with Crippen molar-refractivity contribution in [2.45, 2.75) is 103 Å². The predicted molar refractivity (Wildman–Crippen MR) is 196 cm³/mol. The molecule has 0 unspecified atom stereocenters. The number of aliphatic imine (C=N–C) groups is 1. The largest absolute Gasteiger partial charge is 0.380 e. The Morgan fingerprint density at radius 3 is 2.45 bits per heavy atom. The molecule has 1 aromatic heterocycles. The number of nitrogens with zero attached hydrogens (tertiary/aromatic N) is 3. The second-order valence-corrected chi connectivity index (χ2v) is 14.6. The van der Waals surface area contributed by atoms with Crippen molar-refractivity contribution in [2.75, 3.05) is 45.9 Å². The molecule has 3 atom stereocenters. The van der Waals surface area contributed by atoms with Gasteiger partial charge in [-0.15, -0.1) is 0 Å². The molecule has 1 aliphatic rings. The molecule has 2 amide bonds. The Kier molecular flexibility index (Phi) is 17.1. The number of H-pyrrole nitrogens is 1. The Bertz CT molecular complexity index is 1350. The van der Waals surface area contributed by atoms with Gasteiger partial charge >= 0.3 is 6.03 Å². The Hall–Kier alpha value is -3.59. The number of urea groups is 1. The summed E-state index contributed by atoms with van der Waals surface area (Å²) in [6, 6.07) is 7.83. The van der Waals surface area contributed by atoms with Crippen LogP contribution in [0.1, 0.15) is 79.1 Å². The summed E-state index contributed by atoms with van der Waals surface area (Å²) in [7, 11) is 0. The number of hydrogen-bond acceptors (Lipinski definition) is 8. The summed E-state index contributed by atoms with van der Waals surface area (Å²) < 4.78 is 19.3. The molecular weight excluding hydrogens is 627 g/mol. The van der Waals surface area contributed by atoms with Crippen LogP contribution in [-0.4, -0.2) is 96.6 Å². The molecule has 2 heterocycles. The van der Waals surface area contributed by atoms with Gasteiger partial charge in [0.25, 0.3) is 5.56 Å². The number of alkyl halides is 1. The Labute approximate surface area is 291 Å². The maximum atomic E-state index is 13.7. The van der Waals surface area contributed by atoms with E-state index in [2.05, 4.69) is 37.8 Å². The zero-order chi connectivity index (χ0) is 36.6. The number of halogens is 1. The van der Waals surface area contributed by atoms with E-state index in [9.17, 15) is 14.0 Å². The Morgan fingerprint density at radius 2 is 1.88 bits per heavy atom. The minimum atomic E-state index is -1.05. The van der Waals surface area contributed by atoms with Crippen molar-refractivity contribution in [3.63, 3.8) is 0 Å². The summed E-state index contributed by atoms with van der Waals surface area (Å²) in [5.41, 5.74) is 17.9. The zero-order valence-electron chi connectivity index (χ0n) is 30.6. The van der Waals surface area contributed by atoms with Gasteiger partial charge in [0, 0.05) is 68.6 Å². The van der Waals surface area contributed by atoms with E-state index in [1.807, 2.05) is 70.7 Å². The van der Waals surface area contributed by atoms with Crippen molar-refractivity contribution < 1.29 is 13.9 Å². The van der Waals surface area contributed by atoms with Crippen molar-refractivity contribution in [3.8, 4) is 11.1 Å². The molecular formula is C35H61FN10O3. The van der Waals surface area contributed by atoms with E-state index in [0.29, 0.717) is 37.7 Å². The lowest BCUT2D eigenvalue weighted by molar-refractivity contribution is 0.0680. The van der Waals surface area contributed by atoms with Crippen molar-refractivity contribution in [3.05, 3.63) is 52.2 Å². The standard InChI is InChI=1S/C19H28N6O.C16H33FN4O2/c1-19(2,3)17-24-12-15(16(26)25-17)14-7-5-13(6-8-14)11-22-9-4-10-23-18(20)21;1-5-6-23-11-14-7-13(10-21(14)9-12(17)8-18)19-15(22)20-16(2,3)4/h5-8,12,22H,4,9-11H2,1-3H3,(H4,20,21,23)(H,24,25,26);12-14H,5-11,18H2,1-4H3,(H2,19,20,22)/t;12-,13+,14-/m.0/s1. The first-order chi connectivity index (χ1) is 23.0. The third-order valence-electron chi connectivity index (χ3n) is 7.61. The number of aromatic nitrogens is 2. The molecule has 49 heavy (non-hydrogen) atoms. The number of carbonyl (C=O) groups is 1. The van der Waals surface area contributed by atoms with Crippen molar-refractivity contribution >= 4 is 12.0 Å². The molecule has 0 radical (unpaired) electrons. The first kappa shape index (κ1) is 41.6. The van der Waals surface area contributed by atoms with Gasteiger partial charge in [0.1, 0.15) is 12.0 Å². The molecule has 10 N–H and O–H groups in total. The summed E-state index contributed by atoms with van der Waals surface area (Å²) in [6.07, 6.45) is 3.19. The van der Waals surface area contributed by atoms with Crippen LogP contribution in [0.5, 0.6) is 0 Å². The molecule has 1 saturated heterocycles. The van der Waals surface area contributed by atoms with Gasteiger partial charge in [-0.25, -0.2) is 14.2 Å². The van der Waals surface area contributed by atoms with E-state index in [1.165, 1.54) is 0 Å². The molecule has 3 rings (SSSR count). The number of aromatic amines is 1. The molecule has 0 saturated carbocycles. The number of benzene rings is 1. The third-order valence-corrected chi connectivity index (χ3v) is 7.61. The lowest BCUT2D eigenvalue weighted by Crippen LogP contribution is -2.50. The second kappa shape index (κ2) is 20.2. The topological polar surface area (TPSA) is 202 Å². The smallest absolute Gasteiger partial charge is 0.315 e. The second-order valence-electron chi connectivity index (χ2n) is 14.6. The summed E-state index contributed by atoms with van der Waals surface area (Å²) in [4.78, 5) is 37.6. The van der Waals surface area contributed by atoms with E-state index < -0.39 is 6.17 Å². The highest BCUT2D eigenvalue weighted by molar-refractivity contribution is 5.75. The molecule has 13 nitrogen and oxygen atoms in total. The molecule has 1 aromatic carbocycles. The van der Waals surface area contributed by atoms with E-state index in [-0.39, 0.29) is 53.7 Å². The highest BCUT2D eigenvalue weighted by Crippen LogP contribution is 2.21. The maximum Gasteiger partial charge on any atom is 0.315 e. The molecule has 0 spiro atoms. The third kappa shape index (κ3) is 16.1. The SMILES string of the molecule is CC(C)(C)c1ncc(-c2ccc(CNCCCN=C(N)N)cc2)c(=O)[nH]1.CCCOC[C@@H]1C[C@@H](NC(=O)NC(C)(C)C)CN1C[C@@H](F)CN. The number of carbonyl (C=O) groups excluding carboxylic acids is 1. The number of likely N-dealkylation sites (tertiary alicyclic amines) is 1. The number of nitrogens with two attached hydrogens (primary N) is 3. The van der Waals surface area contributed by atoms with Crippen LogP contribution in [0.2, 0.25) is 0 Å². The van der Waals surface area contributed by atoms with Gasteiger partial charge in [-0.2, -0.15) is 0 Å². The van der Waals surface area contributed by atoms with Crippen molar-refractivity contribution in [2.24, 2.45) is 22.2 Å². The molecule has 1 aliphatic heterocycles. The highest BCUT2D eigenvalue weighted by Gasteiger charge is 2.34. The highest BCUT2D eigenvalue weighted by atomic mass is 19.1. The monoisotopic (exact) mass is 688 g/mol. The van der Waals surface area contributed by atoms with Crippen molar-refractivity contribution in [1.29, 1.82) is 0 Å². The maximum absolute atomic E-state index is 13.7. The Balaban J connectivity index is 0.000000343. The summed E-state index contributed by atoms with van der Waals surface area (Å²) in [5.74, 6) is 0.813. The average molecular weight is 689 g/mol.